The normalized spacial score (nSPS) is 11.3. The van der Waals surface area contributed by atoms with Crippen molar-refractivity contribution in [3.05, 3.63) is 48.8 Å². The standard InChI is InChI=1S/C9H9N3O3S/c13-16(14,15)12(11-8-4-7-10-11)9-5-2-1-3-6-9/h1-8H,(H,13,14,15). The minimum atomic E-state index is -4.41. The SMILES string of the molecule is O=S(=O)(O)N(c1ccccc1)n1cccn1. The second-order valence-electron chi connectivity index (χ2n) is 2.98. The predicted molar refractivity (Wildman–Crippen MR) is 58.1 cm³/mol. The molecule has 84 valence electrons. The summed E-state index contributed by atoms with van der Waals surface area (Å²) in [5, 5.41) is 3.76. The average molecular weight is 239 g/mol. The third kappa shape index (κ3) is 2.05. The number of nitrogens with zero attached hydrogens (tertiary/aromatic N) is 3. The zero-order chi connectivity index (χ0) is 11.6. The Bertz CT molecular complexity index is 551. The van der Waals surface area contributed by atoms with Crippen molar-refractivity contribution in [3.63, 3.8) is 0 Å². The largest absolute Gasteiger partial charge is 0.379 e. The van der Waals surface area contributed by atoms with Crippen molar-refractivity contribution in [1.82, 2.24) is 9.89 Å². The van der Waals surface area contributed by atoms with Crippen molar-refractivity contribution in [2.24, 2.45) is 0 Å². The van der Waals surface area contributed by atoms with Crippen molar-refractivity contribution in [1.29, 1.82) is 0 Å². The summed E-state index contributed by atoms with van der Waals surface area (Å²) < 4.78 is 32.3. The Labute approximate surface area is 92.6 Å². The molecule has 2 rings (SSSR count). The van der Waals surface area contributed by atoms with Crippen LogP contribution in [0.25, 0.3) is 0 Å². The molecule has 0 aliphatic heterocycles. The molecule has 0 spiro atoms. The van der Waals surface area contributed by atoms with Gasteiger partial charge in [0, 0.05) is 0 Å². The smallest absolute Gasteiger partial charge is 0.268 e. The number of hydrogen-bond donors (Lipinski definition) is 1. The Morgan fingerprint density at radius 3 is 2.38 bits per heavy atom. The minimum absolute atomic E-state index is 0.300. The number of hydrogen-bond acceptors (Lipinski definition) is 3. The molecule has 1 aromatic carbocycles. The molecule has 1 heterocycles. The van der Waals surface area contributed by atoms with Gasteiger partial charge in [0.1, 0.15) is 0 Å². The number of benzene rings is 1. The highest BCUT2D eigenvalue weighted by atomic mass is 32.2. The van der Waals surface area contributed by atoms with Gasteiger partial charge in [-0.1, -0.05) is 18.2 Å². The van der Waals surface area contributed by atoms with E-state index < -0.39 is 10.3 Å². The molecule has 0 amide bonds. The summed E-state index contributed by atoms with van der Waals surface area (Å²) in [6.07, 6.45) is 2.84. The van der Waals surface area contributed by atoms with Crippen LogP contribution in [0.2, 0.25) is 0 Å². The van der Waals surface area contributed by atoms with Crippen molar-refractivity contribution >= 4 is 16.0 Å². The van der Waals surface area contributed by atoms with E-state index in [-0.39, 0.29) is 0 Å². The maximum absolute atomic E-state index is 11.3. The third-order valence-electron chi connectivity index (χ3n) is 1.87. The van der Waals surface area contributed by atoms with Gasteiger partial charge in [0.25, 0.3) is 0 Å². The highest BCUT2D eigenvalue weighted by Crippen LogP contribution is 2.16. The van der Waals surface area contributed by atoms with Crippen LogP contribution in [0.4, 0.5) is 5.69 Å². The number of rotatable bonds is 3. The van der Waals surface area contributed by atoms with Gasteiger partial charge in [-0.2, -0.15) is 18.3 Å². The van der Waals surface area contributed by atoms with E-state index in [4.69, 9.17) is 4.55 Å². The lowest BCUT2D eigenvalue weighted by Crippen LogP contribution is -2.35. The van der Waals surface area contributed by atoms with Gasteiger partial charge >= 0.3 is 10.3 Å². The molecule has 1 N–H and O–H groups in total. The number of para-hydroxylation sites is 1. The highest BCUT2D eigenvalue weighted by molar-refractivity contribution is 7.87. The van der Waals surface area contributed by atoms with Crippen molar-refractivity contribution in [3.8, 4) is 0 Å². The maximum Gasteiger partial charge on any atom is 0.379 e. The summed E-state index contributed by atoms with van der Waals surface area (Å²) in [4.78, 5) is 1.03. The molecular formula is C9H9N3O3S. The van der Waals surface area contributed by atoms with E-state index in [0.717, 1.165) is 4.79 Å². The predicted octanol–water partition coefficient (Wildman–Crippen LogP) is 0.956. The van der Waals surface area contributed by atoms with Crippen molar-refractivity contribution in [2.45, 2.75) is 0 Å². The molecule has 0 atom stereocenters. The first kappa shape index (κ1) is 10.7. The first-order valence-corrected chi connectivity index (χ1v) is 5.81. The molecule has 0 bridgehead atoms. The van der Waals surface area contributed by atoms with E-state index >= 15 is 0 Å². The van der Waals surface area contributed by atoms with Gasteiger partial charge in [-0.3, -0.25) is 4.55 Å². The maximum atomic E-state index is 11.3. The second-order valence-corrected chi connectivity index (χ2v) is 4.22. The molecule has 0 aliphatic carbocycles. The van der Waals surface area contributed by atoms with Crippen LogP contribution >= 0.6 is 0 Å². The van der Waals surface area contributed by atoms with E-state index in [1.54, 1.807) is 36.4 Å². The third-order valence-corrected chi connectivity index (χ3v) is 2.69. The summed E-state index contributed by atoms with van der Waals surface area (Å²) in [7, 11) is -4.41. The Morgan fingerprint density at radius 1 is 1.19 bits per heavy atom. The molecular weight excluding hydrogens is 230 g/mol. The monoisotopic (exact) mass is 239 g/mol. The van der Waals surface area contributed by atoms with Crippen molar-refractivity contribution < 1.29 is 13.0 Å². The van der Waals surface area contributed by atoms with Gasteiger partial charge in [0.05, 0.1) is 18.1 Å². The lowest BCUT2D eigenvalue weighted by atomic mass is 10.3. The van der Waals surface area contributed by atoms with E-state index in [1.165, 1.54) is 12.4 Å². The first-order chi connectivity index (χ1) is 7.59. The van der Waals surface area contributed by atoms with Crippen LogP contribution in [0.15, 0.2) is 48.8 Å². The molecule has 0 fully saturated rings. The fourth-order valence-corrected chi connectivity index (χ4v) is 1.98. The van der Waals surface area contributed by atoms with Crippen LogP contribution in [-0.2, 0) is 10.3 Å². The fraction of sp³-hybridized carbons (Fsp3) is 0. The van der Waals surface area contributed by atoms with E-state index in [0.29, 0.717) is 10.1 Å². The van der Waals surface area contributed by atoms with E-state index in [2.05, 4.69) is 5.10 Å². The van der Waals surface area contributed by atoms with Crippen LogP contribution in [0, 0.1) is 0 Å². The lowest BCUT2D eigenvalue weighted by molar-refractivity contribution is 0.467. The zero-order valence-corrected chi connectivity index (χ0v) is 8.95. The summed E-state index contributed by atoms with van der Waals surface area (Å²) in [5.74, 6) is 0. The molecule has 0 radical (unpaired) electrons. The Hall–Kier alpha value is -1.86. The van der Waals surface area contributed by atoms with Crippen LogP contribution < -0.4 is 4.41 Å². The van der Waals surface area contributed by atoms with Gasteiger partial charge in [0.15, 0.2) is 0 Å². The van der Waals surface area contributed by atoms with Gasteiger partial charge in [-0.25, -0.2) is 0 Å². The quantitative estimate of drug-likeness (QED) is 0.809. The summed E-state index contributed by atoms with van der Waals surface area (Å²) in [6, 6.07) is 9.73. The highest BCUT2D eigenvalue weighted by Gasteiger charge is 2.21. The number of aromatic nitrogens is 2. The van der Waals surface area contributed by atoms with Crippen LogP contribution in [-0.4, -0.2) is 22.9 Å². The van der Waals surface area contributed by atoms with Crippen LogP contribution in [0.1, 0.15) is 0 Å². The lowest BCUT2D eigenvalue weighted by Gasteiger charge is -2.19. The minimum Gasteiger partial charge on any atom is -0.268 e. The van der Waals surface area contributed by atoms with Gasteiger partial charge < -0.3 is 0 Å². The molecule has 16 heavy (non-hydrogen) atoms. The molecule has 7 heteroatoms. The average Bonchev–Trinajstić information content (AvgIpc) is 2.71. The first-order valence-electron chi connectivity index (χ1n) is 4.42. The molecule has 0 saturated carbocycles. The summed E-state index contributed by atoms with van der Waals surface area (Å²) >= 11 is 0. The van der Waals surface area contributed by atoms with Gasteiger partial charge in [0.2, 0.25) is 0 Å². The zero-order valence-electron chi connectivity index (χ0n) is 8.13. The Balaban J connectivity index is 2.54. The van der Waals surface area contributed by atoms with Crippen molar-refractivity contribution in [2.75, 3.05) is 4.41 Å². The van der Waals surface area contributed by atoms with Gasteiger partial charge in [-0.05, 0) is 18.2 Å². The Morgan fingerprint density at radius 2 is 1.88 bits per heavy atom. The van der Waals surface area contributed by atoms with E-state index in [1.807, 2.05) is 0 Å². The fourth-order valence-electron chi connectivity index (χ4n) is 1.28. The van der Waals surface area contributed by atoms with Crippen LogP contribution in [0.5, 0.6) is 0 Å². The Kier molecular flexibility index (Phi) is 2.63. The topological polar surface area (TPSA) is 75.4 Å². The number of anilines is 1. The summed E-state index contributed by atoms with van der Waals surface area (Å²) in [6.45, 7) is 0. The van der Waals surface area contributed by atoms with Crippen LogP contribution in [0.3, 0.4) is 0 Å². The molecule has 0 saturated heterocycles. The molecule has 6 nitrogen and oxygen atoms in total. The molecule has 0 aliphatic rings. The molecule has 2 aromatic rings. The van der Waals surface area contributed by atoms with E-state index in [9.17, 15) is 8.42 Å². The second kappa shape index (κ2) is 3.95. The van der Waals surface area contributed by atoms with Gasteiger partial charge in [-0.15, -0.1) is 4.41 Å². The summed E-state index contributed by atoms with van der Waals surface area (Å²) in [5.41, 5.74) is 0.300. The molecule has 1 aromatic heterocycles. The molecule has 0 unspecified atom stereocenters.